The summed E-state index contributed by atoms with van der Waals surface area (Å²) in [5, 5.41) is 24.2. The molecule has 0 aliphatic rings. The van der Waals surface area contributed by atoms with E-state index in [4.69, 9.17) is 16.2 Å². The number of aryl methyl sites for hydroxylation is 1. The van der Waals surface area contributed by atoms with E-state index in [0.717, 1.165) is 16.9 Å². The van der Waals surface area contributed by atoms with E-state index in [2.05, 4.69) is 10.6 Å². The summed E-state index contributed by atoms with van der Waals surface area (Å²) in [6.45, 7) is 2.46. The maximum Gasteiger partial charge on any atom is 0.410 e. The molecule has 190 valence electrons. The van der Waals surface area contributed by atoms with Crippen LogP contribution >= 0.6 is 23.1 Å². The van der Waals surface area contributed by atoms with Gasteiger partial charge in [0, 0.05) is 18.7 Å². The maximum atomic E-state index is 13.6. The van der Waals surface area contributed by atoms with E-state index >= 15 is 0 Å². The van der Waals surface area contributed by atoms with Crippen LogP contribution in [0.1, 0.15) is 10.4 Å². The van der Waals surface area contributed by atoms with Crippen molar-refractivity contribution in [2.24, 2.45) is 5.73 Å². The van der Waals surface area contributed by atoms with Crippen LogP contribution < -0.4 is 21.7 Å². The molecule has 0 bridgehead atoms. The van der Waals surface area contributed by atoms with Crippen molar-refractivity contribution in [1.29, 1.82) is 5.41 Å². The van der Waals surface area contributed by atoms with Gasteiger partial charge < -0.3 is 21.5 Å². The maximum absolute atomic E-state index is 13.6. The Labute approximate surface area is 216 Å². The van der Waals surface area contributed by atoms with Crippen molar-refractivity contribution in [2.75, 3.05) is 24.7 Å². The Kier molecular flexibility index (Phi) is 8.74. The SMILES string of the molecule is CSc1sc(C(=N)NC(=O)O)cc1S(=O)(=O)c1cccc(-c2c(C)cccc2NC(=O)NCCN)c1. The van der Waals surface area contributed by atoms with Crippen LogP contribution in [0.25, 0.3) is 11.1 Å². The van der Waals surface area contributed by atoms with Gasteiger partial charge in [0.25, 0.3) is 0 Å². The van der Waals surface area contributed by atoms with Crippen LogP contribution in [0.5, 0.6) is 0 Å². The van der Waals surface area contributed by atoms with Crippen LogP contribution in [-0.2, 0) is 9.84 Å². The number of nitrogens with two attached hydrogens (primary N) is 1. The Morgan fingerprint density at radius 1 is 1.17 bits per heavy atom. The monoisotopic (exact) mass is 547 g/mol. The average Bonchev–Trinajstić information content (AvgIpc) is 3.28. The molecule has 0 aliphatic heterocycles. The van der Waals surface area contributed by atoms with E-state index in [1.165, 1.54) is 30.0 Å². The van der Waals surface area contributed by atoms with Gasteiger partial charge in [0.15, 0.2) is 0 Å². The summed E-state index contributed by atoms with van der Waals surface area (Å²) in [5.41, 5.74) is 8.03. The highest BCUT2D eigenvalue weighted by Gasteiger charge is 2.26. The molecule has 10 nitrogen and oxygen atoms in total. The molecule has 0 atom stereocenters. The van der Waals surface area contributed by atoms with Crippen LogP contribution in [0.2, 0.25) is 0 Å². The number of amides is 3. The second-order valence-electron chi connectivity index (χ2n) is 7.47. The number of carbonyl (C=O) groups excluding carboxylic acids is 1. The van der Waals surface area contributed by atoms with Gasteiger partial charge >= 0.3 is 12.1 Å². The Morgan fingerprint density at radius 2 is 1.89 bits per heavy atom. The fourth-order valence-corrected chi connectivity index (χ4v) is 7.38. The summed E-state index contributed by atoms with van der Waals surface area (Å²) in [6.07, 6.45) is 0.302. The third kappa shape index (κ3) is 6.05. The Bertz CT molecular complexity index is 1420. The molecular weight excluding hydrogens is 522 g/mol. The van der Waals surface area contributed by atoms with Gasteiger partial charge in [0.1, 0.15) is 5.84 Å². The quantitative estimate of drug-likeness (QED) is 0.141. The smallest absolute Gasteiger partial charge is 0.410 e. The lowest BCUT2D eigenvalue weighted by molar-refractivity contribution is 0.200. The van der Waals surface area contributed by atoms with Gasteiger partial charge in [-0.15, -0.1) is 23.1 Å². The number of thioether (sulfide) groups is 1. The first-order valence-electron chi connectivity index (χ1n) is 10.5. The fourth-order valence-electron chi connectivity index (χ4n) is 3.43. The van der Waals surface area contributed by atoms with Gasteiger partial charge in [0.05, 0.1) is 24.6 Å². The number of rotatable bonds is 8. The van der Waals surface area contributed by atoms with Crippen LogP contribution in [0, 0.1) is 12.3 Å². The highest BCUT2D eigenvalue weighted by molar-refractivity contribution is 8.01. The summed E-state index contributed by atoms with van der Waals surface area (Å²) in [4.78, 5) is 23.3. The van der Waals surface area contributed by atoms with Gasteiger partial charge in [-0.2, -0.15) is 0 Å². The number of carbonyl (C=O) groups is 2. The zero-order valence-corrected chi connectivity index (χ0v) is 21.9. The largest absolute Gasteiger partial charge is 0.465 e. The van der Waals surface area contributed by atoms with E-state index in [0.29, 0.717) is 34.1 Å². The second kappa shape index (κ2) is 11.6. The predicted molar refractivity (Wildman–Crippen MR) is 142 cm³/mol. The Morgan fingerprint density at radius 3 is 2.56 bits per heavy atom. The molecule has 3 aromatic rings. The first kappa shape index (κ1) is 27.2. The van der Waals surface area contributed by atoms with Gasteiger partial charge in [-0.3, -0.25) is 10.7 Å². The topological polar surface area (TPSA) is 174 Å². The fraction of sp³-hybridized carbons (Fsp3) is 0.174. The number of hydrogen-bond donors (Lipinski definition) is 6. The Hall–Kier alpha value is -3.39. The average molecular weight is 548 g/mol. The molecule has 13 heteroatoms. The minimum Gasteiger partial charge on any atom is -0.465 e. The third-order valence-corrected chi connectivity index (χ3v) is 9.33. The van der Waals surface area contributed by atoms with Crippen molar-refractivity contribution in [2.45, 2.75) is 20.9 Å². The van der Waals surface area contributed by atoms with E-state index in [1.54, 1.807) is 30.5 Å². The van der Waals surface area contributed by atoms with Crippen molar-refractivity contribution < 1.29 is 23.1 Å². The van der Waals surface area contributed by atoms with Crippen molar-refractivity contribution in [3.05, 3.63) is 59.0 Å². The zero-order chi connectivity index (χ0) is 26.5. The van der Waals surface area contributed by atoms with E-state index < -0.39 is 27.8 Å². The zero-order valence-electron chi connectivity index (χ0n) is 19.4. The lowest BCUT2D eigenvalue weighted by atomic mass is 9.98. The number of sulfone groups is 1. The normalized spacial score (nSPS) is 11.1. The van der Waals surface area contributed by atoms with Crippen LogP contribution in [0.4, 0.5) is 15.3 Å². The first-order valence-corrected chi connectivity index (χ1v) is 14.1. The summed E-state index contributed by atoms with van der Waals surface area (Å²) < 4.78 is 27.7. The molecule has 0 fully saturated rings. The molecule has 36 heavy (non-hydrogen) atoms. The van der Waals surface area contributed by atoms with Crippen LogP contribution in [-0.4, -0.2) is 50.8 Å². The van der Waals surface area contributed by atoms with Crippen molar-refractivity contribution in [3.63, 3.8) is 0 Å². The summed E-state index contributed by atoms with van der Waals surface area (Å²) in [5.74, 6) is -0.401. The van der Waals surface area contributed by atoms with E-state index in [9.17, 15) is 18.0 Å². The molecule has 0 saturated carbocycles. The molecule has 0 saturated heterocycles. The summed E-state index contributed by atoms with van der Waals surface area (Å²) >= 11 is 2.22. The molecule has 3 amide bonds. The molecule has 0 aliphatic carbocycles. The van der Waals surface area contributed by atoms with E-state index in [-0.39, 0.29) is 14.7 Å². The second-order valence-corrected chi connectivity index (χ2v) is 11.5. The van der Waals surface area contributed by atoms with Crippen LogP contribution in [0.15, 0.2) is 62.5 Å². The molecule has 1 heterocycles. The number of benzene rings is 2. The molecule has 0 radical (unpaired) electrons. The summed E-state index contributed by atoms with van der Waals surface area (Å²) in [7, 11) is -4.01. The first-order chi connectivity index (χ1) is 17.1. The number of nitrogens with one attached hydrogen (secondary N) is 4. The molecule has 7 N–H and O–H groups in total. The number of urea groups is 1. The van der Waals surface area contributed by atoms with Gasteiger partial charge in [-0.05, 0) is 48.6 Å². The standard InChI is InChI=1S/C23H25N5O5S3/c1-13-5-3-8-16(27-22(29)26-10-9-24)19(13)14-6-4-7-15(11-14)36(32,33)18-12-17(35-21(18)34-2)20(25)28-23(30)31/h3-8,11-12H,9-10,24H2,1-2H3,(H2,25,28)(H,30,31)(H2,26,27,29). The minimum absolute atomic E-state index is 0.00613. The number of thiophene rings is 1. The number of carboxylic acid groups (broad SMARTS) is 1. The van der Waals surface area contributed by atoms with E-state index in [1.807, 2.05) is 18.3 Å². The predicted octanol–water partition coefficient (Wildman–Crippen LogP) is 3.95. The highest BCUT2D eigenvalue weighted by Crippen LogP contribution is 2.39. The van der Waals surface area contributed by atoms with Gasteiger partial charge in [-0.1, -0.05) is 24.3 Å². The van der Waals surface area contributed by atoms with Crippen molar-refractivity contribution in [1.82, 2.24) is 10.6 Å². The molecule has 2 aromatic carbocycles. The van der Waals surface area contributed by atoms with Crippen LogP contribution in [0.3, 0.4) is 0 Å². The number of hydrogen-bond acceptors (Lipinski definition) is 8. The molecule has 0 unspecified atom stereocenters. The third-order valence-electron chi connectivity index (χ3n) is 5.00. The minimum atomic E-state index is -4.01. The number of amidine groups is 1. The van der Waals surface area contributed by atoms with Gasteiger partial charge in [-0.25, -0.2) is 18.0 Å². The lowest BCUT2D eigenvalue weighted by Crippen LogP contribution is -2.33. The molecule has 1 aromatic heterocycles. The molecule has 3 rings (SSSR count). The lowest BCUT2D eigenvalue weighted by Gasteiger charge is -2.15. The van der Waals surface area contributed by atoms with Crippen molar-refractivity contribution in [3.8, 4) is 11.1 Å². The molecule has 0 spiro atoms. The van der Waals surface area contributed by atoms with Crippen molar-refractivity contribution >= 4 is 56.6 Å². The Balaban J connectivity index is 2.04. The van der Waals surface area contributed by atoms with Gasteiger partial charge in [0.2, 0.25) is 9.84 Å². The number of anilines is 1. The highest BCUT2D eigenvalue weighted by atomic mass is 32.2. The molecular formula is C23H25N5O5S3. The summed E-state index contributed by atoms with van der Waals surface area (Å²) in [6, 6.07) is 12.6.